The number of carbonyl (C=O) groups excluding carboxylic acids is 2. The number of methoxy groups -OCH3 is 1. The maximum Gasteiger partial charge on any atom is 0.341 e. The third-order valence-corrected chi connectivity index (χ3v) is 5.74. The number of esters is 1. The number of quaternary nitrogens is 1. The molecule has 1 aromatic heterocycles. The number of thiophene rings is 1. The van der Waals surface area contributed by atoms with E-state index in [0.29, 0.717) is 17.0 Å². The predicted octanol–water partition coefficient (Wildman–Crippen LogP) is 2.22. The van der Waals surface area contributed by atoms with Crippen molar-refractivity contribution in [3.05, 3.63) is 41.3 Å². The summed E-state index contributed by atoms with van der Waals surface area (Å²) < 4.78 is 10.7. The van der Waals surface area contributed by atoms with Gasteiger partial charge in [-0.2, -0.15) is 0 Å². The van der Waals surface area contributed by atoms with E-state index in [0.717, 1.165) is 30.8 Å². The number of carbonyl (C=O) groups is 2. The predicted molar refractivity (Wildman–Crippen MR) is 110 cm³/mol. The molecule has 1 aliphatic rings. The van der Waals surface area contributed by atoms with Crippen LogP contribution in [0, 0.1) is 0 Å². The highest BCUT2D eigenvalue weighted by molar-refractivity contribution is 7.15. The smallest absolute Gasteiger partial charge is 0.341 e. The first-order chi connectivity index (χ1) is 13.5. The SMILES string of the molecule is COC(=O)c1c(-c2ccccc2)csc1NC(=O)CC[NH+]1C[C@H](C)O[C@@H](C)C1. The van der Waals surface area contributed by atoms with Gasteiger partial charge in [-0.05, 0) is 19.4 Å². The van der Waals surface area contributed by atoms with Crippen molar-refractivity contribution in [1.82, 2.24) is 0 Å². The van der Waals surface area contributed by atoms with Crippen LogP contribution in [-0.4, -0.2) is 50.8 Å². The van der Waals surface area contributed by atoms with Crippen LogP contribution in [-0.2, 0) is 14.3 Å². The quantitative estimate of drug-likeness (QED) is 0.726. The molecule has 1 amide bonds. The first-order valence-corrected chi connectivity index (χ1v) is 10.4. The van der Waals surface area contributed by atoms with Crippen molar-refractivity contribution >= 4 is 28.2 Å². The number of rotatable bonds is 6. The third kappa shape index (κ3) is 4.98. The van der Waals surface area contributed by atoms with Crippen molar-refractivity contribution in [2.75, 3.05) is 32.1 Å². The number of amides is 1. The maximum atomic E-state index is 12.5. The molecular formula is C21H27N2O4S+. The van der Waals surface area contributed by atoms with E-state index in [2.05, 4.69) is 19.2 Å². The lowest BCUT2D eigenvalue weighted by molar-refractivity contribution is -0.914. The monoisotopic (exact) mass is 403 g/mol. The number of anilines is 1. The number of nitrogens with one attached hydrogen (secondary N) is 2. The molecule has 0 radical (unpaired) electrons. The summed E-state index contributed by atoms with van der Waals surface area (Å²) in [7, 11) is 1.35. The second kappa shape index (κ2) is 9.32. The van der Waals surface area contributed by atoms with E-state index in [9.17, 15) is 9.59 Å². The van der Waals surface area contributed by atoms with Crippen LogP contribution in [0.3, 0.4) is 0 Å². The average Bonchev–Trinajstić information content (AvgIpc) is 3.09. The molecule has 3 rings (SSSR count). The van der Waals surface area contributed by atoms with Crippen LogP contribution in [0.4, 0.5) is 5.00 Å². The van der Waals surface area contributed by atoms with Crippen LogP contribution in [0.5, 0.6) is 0 Å². The van der Waals surface area contributed by atoms with E-state index in [-0.39, 0.29) is 18.1 Å². The fraction of sp³-hybridized carbons (Fsp3) is 0.429. The Morgan fingerprint density at radius 2 is 1.89 bits per heavy atom. The molecule has 6 nitrogen and oxygen atoms in total. The number of hydrogen-bond donors (Lipinski definition) is 2. The molecule has 150 valence electrons. The first-order valence-electron chi connectivity index (χ1n) is 9.52. The number of morpholine rings is 1. The molecule has 2 atom stereocenters. The number of hydrogen-bond acceptors (Lipinski definition) is 5. The van der Waals surface area contributed by atoms with Crippen molar-refractivity contribution in [2.24, 2.45) is 0 Å². The molecular weight excluding hydrogens is 376 g/mol. The molecule has 1 saturated heterocycles. The van der Waals surface area contributed by atoms with Crippen LogP contribution in [0.1, 0.15) is 30.6 Å². The number of ether oxygens (including phenoxy) is 2. The Labute approximate surface area is 169 Å². The van der Waals surface area contributed by atoms with Crippen molar-refractivity contribution in [1.29, 1.82) is 0 Å². The van der Waals surface area contributed by atoms with E-state index < -0.39 is 5.97 Å². The third-order valence-electron chi connectivity index (χ3n) is 4.84. The molecule has 2 aromatic rings. The zero-order valence-electron chi connectivity index (χ0n) is 16.5. The van der Waals surface area contributed by atoms with Gasteiger partial charge in [0.25, 0.3) is 0 Å². The summed E-state index contributed by atoms with van der Waals surface area (Å²) in [5.41, 5.74) is 2.10. The van der Waals surface area contributed by atoms with Crippen LogP contribution in [0.2, 0.25) is 0 Å². The second-order valence-electron chi connectivity index (χ2n) is 7.17. The molecule has 0 unspecified atom stereocenters. The largest absolute Gasteiger partial charge is 0.465 e. The lowest BCUT2D eigenvalue weighted by Gasteiger charge is -2.32. The van der Waals surface area contributed by atoms with Gasteiger partial charge in [-0.1, -0.05) is 30.3 Å². The normalized spacial score (nSPS) is 21.9. The summed E-state index contributed by atoms with van der Waals surface area (Å²) in [4.78, 5) is 26.3. The lowest BCUT2D eigenvalue weighted by atomic mass is 10.0. The topological polar surface area (TPSA) is 69.1 Å². The summed E-state index contributed by atoms with van der Waals surface area (Å²) in [6, 6.07) is 9.62. The molecule has 1 fully saturated rings. The van der Waals surface area contributed by atoms with Crippen LogP contribution < -0.4 is 10.2 Å². The Morgan fingerprint density at radius 3 is 2.54 bits per heavy atom. The molecule has 28 heavy (non-hydrogen) atoms. The summed E-state index contributed by atoms with van der Waals surface area (Å²) in [5.74, 6) is -0.539. The molecule has 0 aliphatic carbocycles. The molecule has 2 N–H and O–H groups in total. The maximum absolute atomic E-state index is 12.5. The Kier molecular flexibility index (Phi) is 6.83. The molecule has 1 aromatic carbocycles. The highest BCUT2D eigenvalue weighted by Crippen LogP contribution is 2.36. The minimum atomic E-state index is -0.447. The Bertz CT molecular complexity index is 811. The Hall–Kier alpha value is -2.22. The highest BCUT2D eigenvalue weighted by Gasteiger charge is 2.26. The van der Waals surface area contributed by atoms with Gasteiger partial charge in [-0.15, -0.1) is 11.3 Å². The van der Waals surface area contributed by atoms with Gasteiger partial charge in [-0.3, -0.25) is 4.79 Å². The van der Waals surface area contributed by atoms with Crippen molar-refractivity contribution < 1.29 is 24.0 Å². The average molecular weight is 404 g/mol. The Morgan fingerprint density at radius 1 is 1.21 bits per heavy atom. The fourth-order valence-corrected chi connectivity index (χ4v) is 4.63. The molecule has 0 saturated carbocycles. The van der Waals surface area contributed by atoms with Crippen molar-refractivity contribution in [3.8, 4) is 11.1 Å². The minimum absolute atomic E-state index is 0.0917. The summed E-state index contributed by atoms with van der Waals surface area (Å²) >= 11 is 1.35. The van der Waals surface area contributed by atoms with Crippen LogP contribution in [0.25, 0.3) is 11.1 Å². The molecule has 1 aliphatic heterocycles. The first kappa shape index (κ1) is 20.5. The van der Waals surface area contributed by atoms with Gasteiger partial charge < -0.3 is 19.7 Å². The number of benzene rings is 1. The highest BCUT2D eigenvalue weighted by atomic mass is 32.1. The van der Waals surface area contributed by atoms with E-state index in [1.165, 1.54) is 23.3 Å². The van der Waals surface area contributed by atoms with E-state index >= 15 is 0 Å². The zero-order valence-corrected chi connectivity index (χ0v) is 17.3. The van der Waals surface area contributed by atoms with Gasteiger partial charge in [0, 0.05) is 10.9 Å². The van der Waals surface area contributed by atoms with Crippen LogP contribution in [0.15, 0.2) is 35.7 Å². The molecule has 7 heteroatoms. The Balaban J connectivity index is 1.69. The van der Waals surface area contributed by atoms with Gasteiger partial charge in [0.1, 0.15) is 35.9 Å². The van der Waals surface area contributed by atoms with Crippen molar-refractivity contribution in [2.45, 2.75) is 32.5 Å². The fourth-order valence-electron chi connectivity index (χ4n) is 3.66. The summed E-state index contributed by atoms with van der Waals surface area (Å²) in [5, 5.41) is 5.33. The van der Waals surface area contributed by atoms with Crippen LogP contribution >= 0.6 is 11.3 Å². The minimum Gasteiger partial charge on any atom is -0.465 e. The molecule has 0 spiro atoms. The summed E-state index contributed by atoms with van der Waals surface area (Å²) in [6.07, 6.45) is 0.811. The second-order valence-corrected chi connectivity index (χ2v) is 8.05. The van der Waals surface area contributed by atoms with Gasteiger partial charge in [0.15, 0.2) is 0 Å². The summed E-state index contributed by atoms with van der Waals surface area (Å²) in [6.45, 7) is 6.68. The van der Waals surface area contributed by atoms with E-state index in [1.807, 2.05) is 35.7 Å². The van der Waals surface area contributed by atoms with Gasteiger partial charge in [-0.25, -0.2) is 4.79 Å². The van der Waals surface area contributed by atoms with E-state index in [1.54, 1.807) is 0 Å². The standard InChI is InChI=1S/C21H26N2O4S/c1-14-11-23(12-15(2)27-14)10-9-18(24)22-20-19(21(25)26-3)17(13-28-20)16-7-5-4-6-8-16/h4-8,13-15H,9-12H2,1-3H3,(H,22,24)/p+1/t14-,15-/m0/s1. The molecule has 2 heterocycles. The van der Waals surface area contributed by atoms with Gasteiger partial charge in [0.2, 0.25) is 5.91 Å². The van der Waals surface area contributed by atoms with Gasteiger partial charge >= 0.3 is 5.97 Å². The zero-order chi connectivity index (χ0) is 20.1. The van der Waals surface area contributed by atoms with E-state index in [4.69, 9.17) is 9.47 Å². The molecule has 0 bridgehead atoms. The lowest BCUT2D eigenvalue weighted by Crippen LogP contribution is -3.15. The van der Waals surface area contributed by atoms with Crippen molar-refractivity contribution in [3.63, 3.8) is 0 Å². The van der Waals surface area contributed by atoms with Gasteiger partial charge in [0.05, 0.1) is 20.1 Å².